The summed E-state index contributed by atoms with van der Waals surface area (Å²) in [4.78, 5) is 3.95. The number of rotatable bonds is 3. The smallest absolute Gasteiger partial charge is 0.178 e. The maximum absolute atomic E-state index is 13.3. The zero-order valence-electron chi connectivity index (χ0n) is 27.2. The van der Waals surface area contributed by atoms with Crippen LogP contribution in [0.2, 0.25) is 0 Å². The first-order valence-electron chi connectivity index (χ1n) is 16.6. The molecule has 5 fully saturated rings. The van der Waals surface area contributed by atoms with Crippen LogP contribution in [0.3, 0.4) is 0 Å². The molecule has 1 aromatic carbocycles. The van der Waals surface area contributed by atoms with Crippen molar-refractivity contribution in [3.8, 4) is 0 Å². The van der Waals surface area contributed by atoms with E-state index in [1.54, 1.807) is 0 Å². The molecule has 6 nitrogen and oxygen atoms in total. The summed E-state index contributed by atoms with van der Waals surface area (Å²) in [6.07, 6.45) is 8.43. The van der Waals surface area contributed by atoms with Crippen LogP contribution in [0.4, 0.5) is 0 Å². The fourth-order valence-corrected chi connectivity index (χ4v) is 10.6. The van der Waals surface area contributed by atoms with Gasteiger partial charge in [0, 0.05) is 27.4 Å². The van der Waals surface area contributed by atoms with Crippen LogP contribution in [-0.2, 0) is 37.2 Å². The van der Waals surface area contributed by atoms with Gasteiger partial charge in [-0.1, -0.05) is 43.2 Å². The number of aliphatic hydroxyl groups is 1. The van der Waals surface area contributed by atoms with E-state index >= 15 is 0 Å². The SMILES string of the molecule is CC(C)=CCc1cccc2[nH]c3c(c12)C[C@@H]1CC[C@@]2(O)C45O[C@@H]4[C@@H]4O[C@H](C=C(C)C)OC(C)(C)[C@H]4OC5CC[C@]2(C)[C@@]31C. The van der Waals surface area contributed by atoms with Crippen LogP contribution in [0, 0.1) is 11.3 Å². The zero-order chi connectivity index (χ0) is 30.3. The number of aromatic nitrogens is 1. The average molecular weight is 588 g/mol. The lowest BCUT2D eigenvalue weighted by molar-refractivity contribution is -0.343. The molecule has 2 aromatic rings. The molecule has 4 heterocycles. The highest BCUT2D eigenvalue weighted by atomic mass is 16.8. The summed E-state index contributed by atoms with van der Waals surface area (Å²) in [5.41, 5.74) is 4.99. The normalized spacial score (nSPS) is 45.1. The second-order valence-corrected chi connectivity index (χ2v) is 16.0. The summed E-state index contributed by atoms with van der Waals surface area (Å²) >= 11 is 0. The quantitative estimate of drug-likeness (QED) is 0.304. The molecule has 0 bridgehead atoms. The summed E-state index contributed by atoms with van der Waals surface area (Å²) in [5.74, 6) is 0.475. The summed E-state index contributed by atoms with van der Waals surface area (Å²) in [6, 6.07) is 6.70. The molecule has 6 aliphatic rings. The van der Waals surface area contributed by atoms with E-state index < -0.39 is 28.5 Å². The first-order chi connectivity index (χ1) is 20.3. The van der Waals surface area contributed by atoms with Crippen molar-refractivity contribution in [2.24, 2.45) is 11.3 Å². The molecule has 6 heteroatoms. The number of nitrogens with one attached hydrogen (secondary N) is 1. The Balaban J connectivity index is 1.21. The molecule has 1 spiro atoms. The number of benzene rings is 1. The Labute approximate surface area is 256 Å². The minimum Gasteiger partial charge on any atom is -0.386 e. The number of epoxide rings is 1. The number of hydrogen-bond donors (Lipinski definition) is 2. The van der Waals surface area contributed by atoms with Crippen LogP contribution in [0.1, 0.15) is 97.9 Å². The predicted octanol–water partition coefficient (Wildman–Crippen LogP) is 6.82. The first kappa shape index (κ1) is 28.5. The van der Waals surface area contributed by atoms with Crippen LogP contribution < -0.4 is 0 Å². The van der Waals surface area contributed by atoms with Gasteiger partial charge in [0.25, 0.3) is 0 Å². The van der Waals surface area contributed by atoms with Crippen LogP contribution in [-0.4, -0.2) is 57.6 Å². The van der Waals surface area contributed by atoms with Gasteiger partial charge >= 0.3 is 0 Å². The van der Waals surface area contributed by atoms with Crippen molar-refractivity contribution >= 4 is 10.9 Å². The molecular formula is C37H49NO5. The molecule has 232 valence electrons. The Morgan fingerprint density at radius 2 is 1.77 bits per heavy atom. The van der Waals surface area contributed by atoms with Crippen molar-refractivity contribution in [1.82, 2.24) is 4.98 Å². The van der Waals surface area contributed by atoms with Crippen LogP contribution in [0.15, 0.2) is 41.5 Å². The van der Waals surface area contributed by atoms with Gasteiger partial charge in [0.1, 0.15) is 23.9 Å². The maximum Gasteiger partial charge on any atom is 0.178 e. The Kier molecular flexibility index (Phi) is 5.87. The number of aromatic amines is 1. The molecule has 2 N–H and O–H groups in total. The van der Waals surface area contributed by atoms with Crippen LogP contribution in [0.25, 0.3) is 10.9 Å². The minimum absolute atomic E-state index is 0.178. The molecule has 2 saturated carbocycles. The van der Waals surface area contributed by atoms with Crippen molar-refractivity contribution < 1.29 is 24.1 Å². The number of ether oxygens (including phenoxy) is 4. The maximum atomic E-state index is 13.3. The Morgan fingerprint density at radius 1 is 0.977 bits per heavy atom. The van der Waals surface area contributed by atoms with Crippen molar-refractivity contribution in [2.75, 3.05) is 0 Å². The second-order valence-electron chi connectivity index (χ2n) is 16.0. The fourth-order valence-electron chi connectivity index (χ4n) is 10.6. The lowest BCUT2D eigenvalue weighted by Crippen LogP contribution is -2.77. The molecule has 1 aromatic heterocycles. The van der Waals surface area contributed by atoms with Gasteiger partial charge in [-0.2, -0.15) is 0 Å². The van der Waals surface area contributed by atoms with E-state index in [9.17, 15) is 5.11 Å². The molecule has 0 amide bonds. The van der Waals surface area contributed by atoms with Gasteiger partial charge in [-0.05, 0) is 109 Å². The number of fused-ring (bicyclic) bond motifs is 9. The second kappa shape index (κ2) is 8.85. The minimum atomic E-state index is -1.04. The highest BCUT2D eigenvalue weighted by Gasteiger charge is 2.87. The molecular weight excluding hydrogens is 538 g/mol. The van der Waals surface area contributed by atoms with Crippen molar-refractivity contribution in [3.05, 3.63) is 58.3 Å². The van der Waals surface area contributed by atoms with E-state index in [1.807, 2.05) is 6.08 Å². The van der Waals surface area contributed by atoms with E-state index in [-0.39, 0.29) is 29.8 Å². The molecule has 0 radical (unpaired) electrons. The van der Waals surface area contributed by atoms with Gasteiger partial charge in [0.05, 0.1) is 11.7 Å². The number of hydrogen-bond acceptors (Lipinski definition) is 5. The summed E-state index contributed by atoms with van der Waals surface area (Å²) in [6.45, 7) is 17.5. The summed E-state index contributed by atoms with van der Waals surface area (Å²) < 4.78 is 26.7. The van der Waals surface area contributed by atoms with Crippen LogP contribution >= 0.6 is 0 Å². The van der Waals surface area contributed by atoms with Crippen LogP contribution in [0.5, 0.6) is 0 Å². The highest BCUT2D eigenvalue weighted by Crippen LogP contribution is 2.75. The average Bonchev–Trinajstić information content (AvgIpc) is 3.50. The van der Waals surface area contributed by atoms with E-state index in [0.29, 0.717) is 5.92 Å². The Hall–Kier alpha value is -1.96. The van der Waals surface area contributed by atoms with Gasteiger partial charge in [-0.15, -0.1) is 0 Å². The molecule has 3 saturated heterocycles. The Bertz CT molecular complexity index is 1560. The van der Waals surface area contributed by atoms with Crippen molar-refractivity contribution in [1.29, 1.82) is 0 Å². The van der Waals surface area contributed by atoms with Crippen molar-refractivity contribution in [3.63, 3.8) is 0 Å². The third-order valence-corrected chi connectivity index (χ3v) is 12.9. The monoisotopic (exact) mass is 587 g/mol. The van der Waals surface area contributed by atoms with E-state index in [4.69, 9.17) is 18.9 Å². The Morgan fingerprint density at radius 3 is 2.51 bits per heavy atom. The van der Waals surface area contributed by atoms with Gasteiger partial charge in [-0.25, -0.2) is 0 Å². The number of allylic oxidation sites excluding steroid dienone is 3. The summed E-state index contributed by atoms with van der Waals surface area (Å²) in [5, 5.41) is 14.7. The third kappa shape index (κ3) is 3.43. The lowest BCUT2D eigenvalue weighted by Gasteiger charge is -2.66. The van der Waals surface area contributed by atoms with E-state index in [0.717, 1.165) is 44.1 Å². The topological polar surface area (TPSA) is 76.2 Å². The van der Waals surface area contributed by atoms with Gasteiger partial charge < -0.3 is 29.0 Å². The lowest BCUT2D eigenvalue weighted by atomic mass is 9.40. The van der Waals surface area contributed by atoms with Crippen molar-refractivity contribution in [2.45, 2.75) is 147 Å². The largest absolute Gasteiger partial charge is 0.386 e. The van der Waals surface area contributed by atoms with Gasteiger partial charge in [-0.3, -0.25) is 0 Å². The standard InChI is InChI=1S/C37H49NO5/c1-20(2)12-13-22-10-9-11-25-28(22)24-19-23-14-17-36(39)34(7,35(23,8)30(24)38-25)16-15-26-37(36)32(43-37)29-31(40-26)33(5,6)42-27(41-29)18-21(3)4/h9-12,18,23,26-27,29,31-32,38-39H,13-17,19H2,1-8H3/t23-,26?,27-,29+,31-,32+,34+,35+,36-,37?/m0/s1. The van der Waals surface area contributed by atoms with E-state index in [1.165, 1.54) is 33.3 Å². The predicted molar refractivity (Wildman–Crippen MR) is 167 cm³/mol. The molecule has 3 aliphatic carbocycles. The number of H-pyrrole nitrogens is 1. The molecule has 43 heavy (non-hydrogen) atoms. The third-order valence-electron chi connectivity index (χ3n) is 12.9. The fraction of sp³-hybridized carbons (Fsp3) is 0.676. The van der Waals surface area contributed by atoms with E-state index in [2.05, 4.69) is 84.6 Å². The summed E-state index contributed by atoms with van der Waals surface area (Å²) in [7, 11) is 0. The molecule has 2 unspecified atom stereocenters. The van der Waals surface area contributed by atoms with Gasteiger partial charge in [0.2, 0.25) is 0 Å². The first-order valence-corrected chi connectivity index (χ1v) is 16.6. The molecule has 3 aliphatic heterocycles. The zero-order valence-corrected chi connectivity index (χ0v) is 27.2. The highest BCUT2D eigenvalue weighted by molar-refractivity contribution is 5.89. The molecule has 8 rings (SSSR count). The van der Waals surface area contributed by atoms with Gasteiger partial charge in [0.15, 0.2) is 11.9 Å². The molecule has 10 atom stereocenters.